The van der Waals surface area contributed by atoms with Gasteiger partial charge in [-0.2, -0.15) is 0 Å². The number of pyridine rings is 1. The number of carbonyl (C=O) groups excluding carboxylic acids is 2. The van der Waals surface area contributed by atoms with Gasteiger partial charge in [0, 0.05) is 55.1 Å². The van der Waals surface area contributed by atoms with Gasteiger partial charge in [-0.05, 0) is 48.6 Å². The maximum Gasteiger partial charge on any atom is 0.253 e. The number of benzene rings is 1. The molecule has 2 aliphatic heterocycles. The second-order valence-electron chi connectivity index (χ2n) is 7.30. The average Bonchev–Trinajstić information content (AvgIpc) is 2.70. The zero-order valence-electron chi connectivity index (χ0n) is 15.1. The van der Waals surface area contributed by atoms with E-state index < -0.39 is 0 Å². The molecule has 0 unspecified atom stereocenters. The van der Waals surface area contributed by atoms with Crippen LogP contribution in [-0.4, -0.2) is 45.7 Å². The van der Waals surface area contributed by atoms with Gasteiger partial charge in [-0.1, -0.05) is 23.7 Å². The molecule has 2 atom stereocenters. The summed E-state index contributed by atoms with van der Waals surface area (Å²) in [6, 6.07) is 11.2. The van der Waals surface area contributed by atoms with Crippen LogP contribution >= 0.6 is 11.6 Å². The fraction of sp³-hybridized carbons (Fsp3) is 0.381. The summed E-state index contributed by atoms with van der Waals surface area (Å²) < 4.78 is 0. The van der Waals surface area contributed by atoms with Crippen LogP contribution in [0.3, 0.4) is 0 Å². The lowest BCUT2D eigenvalue weighted by Gasteiger charge is -2.47. The van der Waals surface area contributed by atoms with Gasteiger partial charge in [-0.3, -0.25) is 14.6 Å². The first-order chi connectivity index (χ1) is 13.1. The average molecular weight is 384 g/mol. The fourth-order valence-corrected chi connectivity index (χ4v) is 4.42. The molecule has 2 fully saturated rings. The van der Waals surface area contributed by atoms with Crippen molar-refractivity contribution in [1.82, 2.24) is 14.8 Å². The van der Waals surface area contributed by atoms with Gasteiger partial charge in [0.25, 0.3) is 5.91 Å². The monoisotopic (exact) mass is 383 g/mol. The van der Waals surface area contributed by atoms with Crippen LogP contribution in [0.2, 0.25) is 5.02 Å². The number of aromatic nitrogens is 1. The Labute approximate surface area is 163 Å². The number of halogens is 1. The summed E-state index contributed by atoms with van der Waals surface area (Å²) in [5.74, 6) is 0.539. The van der Waals surface area contributed by atoms with E-state index in [0.29, 0.717) is 42.6 Å². The molecule has 0 N–H and O–H groups in total. The Bertz CT molecular complexity index is 842. The first kappa shape index (κ1) is 18.0. The highest BCUT2D eigenvalue weighted by Crippen LogP contribution is 2.33. The van der Waals surface area contributed by atoms with Crippen LogP contribution in [0, 0.1) is 5.92 Å². The van der Waals surface area contributed by atoms with E-state index in [1.807, 2.05) is 28.1 Å². The van der Waals surface area contributed by atoms with E-state index in [2.05, 4.69) is 4.98 Å². The van der Waals surface area contributed by atoms with Crippen LogP contribution in [0.5, 0.6) is 0 Å². The number of likely N-dealkylation sites (tertiary alicyclic amines) is 2. The van der Waals surface area contributed by atoms with Gasteiger partial charge in [0.15, 0.2) is 0 Å². The molecular formula is C21H22ClN3O2. The van der Waals surface area contributed by atoms with E-state index in [0.717, 1.165) is 18.4 Å². The number of nitrogens with zero attached hydrogens (tertiary/aromatic N) is 3. The third kappa shape index (κ3) is 3.83. The molecule has 4 rings (SSSR count). The van der Waals surface area contributed by atoms with Crippen molar-refractivity contribution in [2.24, 2.45) is 5.92 Å². The molecule has 1 aromatic carbocycles. The van der Waals surface area contributed by atoms with Gasteiger partial charge < -0.3 is 9.80 Å². The molecule has 2 amide bonds. The largest absolute Gasteiger partial charge is 0.338 e. The molecule has 2 saturated heterocycles. The predicted molar refractivity (Wildman–Crippen MR) is 103 cm³/mol. The summed E-state index contributed by atoms with van der Waals surface area (Å²) in [6.45, 7) is 1.94. The van der Waals surface area contributed by atoms with E-state index in [4.69, 9.17) is 11.6 Å². The molecule has 140 valence electrons. The molecule has 0 bridgehead atoms. The number of piperidine rings is 2. The molecule has 0 saturated carbocycles. The smallest absolute Gasteiger partial charge is 0.253 e. The van der Waals surface area contributed by atoms with Crippen molar-refractivity contribution in [2.75, 3.05) is 13.1 Å². The standard InChI is InChI=1S/C21H22ClN3O2/c22-18-5-1-4-16(11-18)21(27)24-10-8-19-17(14-24)6-7-20(26)25(19)13-15-3-2-9-23-12-15/h1-5,9,11-12,17,19H,6-8,10,13-14H2/t17-,19+/m1/s1. The molecule has 0 spiro atoms. The lowest BCUT2D eigenvalue weighted by Crippen LogP contribution is -2.56. The summed E-state index contributed by atoms with van der Waals surface area (Å²) >= 11 is 6.03. The Hall–Kier alpha value is -2.40. The van der Waals surface area contributed by atoms with Gasteiger partial charge in [-0.15, -0.1) is 0 Å². The van der Waals surface area contributed by atoms with Gasteiger partial charge in [-0.25, -0.2) is 0 Å². The quantitative estimate of drug-likeness (QED) is 0.816. The number of hydrogen-bond acceptors (Lipinski definition) is 3. The minimum Gasteiger partial charge on any atom is -0.338 e. The summed E-state index contributed by atoms with van der Waals surface area (Å²) in [5.41, 5.74) is 1.67. The number of hydrogen-bond donors (Lipinski definition) is 0. The Balaban J connectivity index is 1.47. The van der Waals surface area contributed by atoms with Crippen LogP contribution in [-0.2, 0) is 11.3 Å². The van der Waals surface area contributed by atoms with E-state index in [1.165, 1.54) is 0 Å². The molecule has 6 heteroatoms. The summed E-state index contributed by atoms with van der Waals surface area (Å²) in [5, 5.41) is 0.571. The second-order valence-corrected chi connectivity index (χ2v) is 7.74. The minimum atomic E-state index is 0.0201. The van der Waals surface area contributed by atoms with E-state index in [1.54, 1.807) is 30.5 Å². The summed E-state index contributed by atoms with van der Waals surface area (Å²) in [7, 11) is 0. The van der Waals surface area contributed by atoms with Crippen molar-refractivity contribution in [3.63, 3.8) is 0 Å². The predicted octanol–water partition coefficient (Wildman–Crippen LogP) is 3.39. The number of fused-ring (bicyclic) bond motifs is 1. The zero-order chi connectivity index (χ0) is 18.8. The first-order valence-electron chi connectivity index (χ1n) is 9.35. The SMILES string of the molecule is O=C(c1cccc(Cl)c1)N1CC[C@H]2[C@H](CCC(=O)N2Cc2cccnc2)C1. The Morgan fingerprint density at radius 1 is 1.22 bits per heavy atom. The van der Waals surface area contributed by atoms with Crippen LogP contribution in [0.15, 0.2) is 48.8 Å². The van der Waals surface area contributed by atoms with Crippen LogP contribution in [0.1, 0.15) is 35.2 Å². The molecule has 5 nitrogen and oxygen atoms in total. The minimum absolute atomic E-state index is 0.0201. The van der Waals surface area contributed by atoms with E-state index in [9.17, 15) is 9.59 Å². The molecule has 0 aliphatic carbocycles. The second kappa shape index (κ2) is 7.69. The Morgan fingerprint density at radius 2 is 2.11 bits per heavy atom. The number of carbonyl (C=O) groups is 2. The molecule has 1 aromatic heterocycles. The van der Waals surface area contributed by atoms with Gasteiger partial charge in [0.2, 0.25) is 5.91 Å². The number of rotatable bonds is 3. The molecule has 2 aromatic rings. The molecule has 27 heavy (non-hydrogen) atoms. The number of amides is 2. The highest BCUT2D eigenvalue weighted by atomic mass is 35.5. The lowest BCUT2D eigenvalue weighted by atomic mass is 9.83. The zero-order valence-corrected chi connectivity index (χ0v) is 15.8. The normalized spacial score (nSPS) is 22.5. The first-order valence-corrected chi connectivity index (χ1v) is 9.73. The Kier molecular flexibility index (Phi) is 5.12. The molecular weight excluding hydrogens is 362 g/mol. The molecule has 3 heterocycles. The molecule has 2 aliphatic rings. The lowest BCUT2D eigenvalue weighted by molar-refractivity contribution is -0.141. The third-order valence-corrected chi connectivity index (χ3v) is 5.81. The summed E-state index contributed by atoms with van der Waals surface area (Å²) in [4.78, 5) is 33.4. The highest BCUT2D eigenvalue weighted by molar-refractivity contribution is 6.30. The van der Waals surface area contributed by atoms with Crippen molar-refractivity contribution in [3.8, 4) is 0 Å². The van der Waals surface area contributed by atoms with Gasteiger partial charge in [0.1, 0.15) is 0 Å². The topological polar surface area (TPSA) is 53.5 Å². The maximum atomic E-state index is 12.8. The highest BCUT2D eigenvalue weighted by Gasteiger charge is 2.40. The van der Waals surface area contributed by atoms with Gasteiger partial charge in [0.05, 0.1) is 0 Å². The van der Waals surface area contributed by atoms with Crippen LogP contribution in [0.25, 0.3) is 0 Å². The van der Waals surface area contributed by atoms with E-state index >= 15 is 0 Å². The summed E-state index contributed by atoms with van der Waals surface area (Å²) in [6.07, 6.45) is 5.74. The fourth-order valence-electron chi connectivity index (χ4n) is 4.23. The van der Waals surface area contributed by atoms with E-state index in [-0.39, 0.29) is 17.9 Å². The Morgan fingerprint density at radius 3 is 2.89 bits per heavy atom. The van der Waals surface area contributed by atoms with Crippen molar-refractivity contribution in [3.05, 3.63) is 64.9 Å². The van der Waals surface area contributed by atoms with Crippen LogP contribution < -0.4 is 0 Å². The van der Waals surface area contributed by atoms with Gasteiger partial charge >= 0.3 is 0 Å². The molecule has 0 radical (unpaired) electrons. The van der Waals surface area contributed by atoms with Crippen molar-refractivity contribution >= 4 is 23.4 Å². The van der Waals surface area contributed by atoms with Crippen LogP contribution in [0.4, 0.5) is 0 Å². The third-order valence-electron chi connectivity index (χ3n) is 5.58. The van der Waals surface area contributed by atoms with Crippen molar-refractivity contribution in [2.45, 2.75) is 31.8 Å². The van der Waals surface area contributed by atoms with Crippen molar-refractivity contribution in [1.29, 1.82) is 0 Å². The maximum absolute atomic E-state index is 12.8. The van der Waals surface area contributed by atoms with Crippen molar-refractivity contribution < 1.29 is 9.59 Å².